The van der Waals surface area contributed by atoms with E-state index in [1.807, 2.05) is 6.92 Å². The molecule has 0 unspecified atom stereocenters. The summed E-state index contributed by atoms with van der Waals surface area (Å²) in [6.45, 7) is 5.25. The highest BCUT2D eigenvalue weighted by Gasteiger charge is 2.04. The van der Waals surface area contributed by atoms with Gasteiger partial charge in [0.1, 0.15) is 5.75 Å². The zero-order chi connectivity index (χ0) is 11.0. The number of allylic oxidation sites excluding steroid dienone is 1. The molecule has 0 amide bonds. The summed E-state index contributed by atoms with van der Waals surface area (Å²) in [5.41, 5.74) is 0.593. The number of benzene rings is 1. The highest BCUT2D eigenvalue weighted by Crippen LogP contribution is 2.02. The molecule has 14 heavy (non-hydrogen) atoms. The van der Waals surface area contributed by atoms with Gasteiger partial charge in [0.15, 0.2) is 0 Å². The van der Waals surface area contributed by atoms with E-state index in [2.05, 4.69) is 6.58 Å². The second-order valence-electron chi connectivity index (χ2n) is 2.62. The Morgan fingerprint density at radius 3 is 2.14 bits per heavy atom. The van der Waals surface area contributed by atoms with Crippen LogP contribution in [-0.2, 0) is 15.9 Å². The second-order valence-corrected chi connectivity index (χ2v) is 4.07. The highest BCUT2D eigenvalue weighted by atomic mass is 32.2. The zero-order valence-electron chi connectivity index (χ0n) is 8.05. The van der Waals surface area contributed by atoms with Gasteiger partial charge in [-0.15, -0.1) is 6.58 Å². The van der Waals surface area contributed by atoms with Gasteiger partial charge in [-0.2, -0.15) is 8.42 Å². The average molecular weight is 214 g/mol. The van der Waals surface area contributed by atoms with Crippen molar-refractivity contribution in [2.75, 3.05) is 0 Å². The molecule has 1 rings (SSSR count). The van der Waals surface area contributed by atoms with Gasteiger partial charge >= 0.3 is 0 Å². The van der Waals surface area contributed by atoms with E-state index in [4.69, 9.17) is 4.55 Å². The Morgan fingerprint density at radius 1 is 1.36 bits per heavy atom. The molecule has 0 spiro atoms. The van der Waals surface area contributed by atoms with Crippen molar-refractivity contribution in [1.82, 2.24) is 0 Å². The lowest BCUT2D eigenvalue weighted by Gasteiger charge is -1.95. The molecule has 0 aliphatic heterocycles. The van der Waals surface area contributed by atoms with E-state index in [-0.39, 0.29) is 5.75 Å². The van der Waals surface area contributed by atoms with Crippen LogP contribution in [0.15, 0.2) is 43.0 Å². The zero-order valence-corrected chi connectivity index (χ0v) is 8.87. The molecule has 4 heteroatoms. The quantitative estimate of drug-likeness (QED) is 0.607. The summed E-state index contributed by atoms with van der Waals surface area (Å²) in [5.74, 6) is -0.312. The molecule has 0 heterocycles. The fourth-order valence-corrected chi connectivity index (χ4v) is 1.40. The Kier molecular flexibility index (Phi) is 5.83. The second kappa shape index (κ2) is 6.34. The van der Waals surface area contributed by atoms with Crippen LogP contribution in [0.3, 0.4) is 0 Å². The predicted octanol–water partition coefficient (Wildman–Crippen LogP) is 2.27. The van der Waals surface area contributed by atoms with Crippen molar-refractivity contribution in [2.24, 2.45) is 0 Å². The molecule has 0 aromatic heterocycles. The summed E-state index contributed by atoms with van der Waals surface area (Å²) < 4.78 is 29.2. The van der Waals surface area contributed by atoms with Gasteiger partial charge in [-0.1, -0.05) is 36.4 Å². The van der Waals surface area contributed by atoms with E-state index < -0.39 is 10.1 Å². The summed E-state index contributed by atoms with van der Waals surface area (Å²) >= 11 is 0. The largest absolute Gasteiger partial charge is 0.285 e. The van der Waals surface area contributed by atoms with Gasteiger partial charge in [0.05, 0.1) is 0 Å². The van der Waals surface area contributed by atoms with Crippen molar-refractivity contribution in [3.63, 3.8) is 0 Å². The van der Waals surface area contributed by atoms with Crippen LogP contribution in [0.5, 0.6) is 0 Å². The van der Waals surface area contributed by atoms with Gasteiger partial charge in [0.25, 0.3) is 10.1 Å². The summed E-state index contributed by atoms with van der Waals surface area (Å²) in [5, 5.41) is 0. The van der Waals surface area contributed by atoms with Gasteiger partial charge in [0.2, 0.25) is 0 Å². The van der Waals surface area contributed by atoms with Crippen molar-refractivity contribution in [3.05, 3.63) is 48.6 Å². The lowest BCUT2D eigenvalue weighted by Crippen LogP contribution is -2.00. The van der Waals surface area contributed by atoms with Gasteiger partial charge in [0, 0.05) is 0 Å². The third kappa shape index (κ3) is 7.52. The molecule has 0 saturated carbocycles. The molecular weight excluding hydrogens is 200 g/mol. The van der Waals surface area contributed by atoms with Gasteiger partial charge in [-0.3, -0.25) is 4.55 Å². The first kappa shape index (κ1) is 12.9. The van der Waals surface area contributed by atoms with Crippen molar-refractivity contribution in [2.45, 2.75) is 12.7 Å². The standard InChI is InChI=1S/C7H8O3S.C3H6/c8-11(9,10)6-7-4-2-1-3-5-7;1-3-2/h1-5H,6H2,(H,8,9,10);3H,1H2,2H3. The van der Waals surface area contributed by atoms with Crippen LogP contribution in [-0.4, -0.2) is 13.0 Å². The number of hydrogen-bond donors (Lipinski definition) is 1. The molecule has 3 nitrogen and oxygen atoms in total. The minimum atomic E-state index is -3.88. The first-order chi connectivity index (χ1) is 6.49. The number of rotatable bonds is 2. The Morgan fingerprint density at radius 2 is 1.79 bits per heavy atom. The summed E-state index contributed by atoms with van der Waals surface area (Å²) in [6.07, 6.45) is 1.75. The molecule has 1 aromatic carbocycles. The topological polar surface area (TPSA) is 54.4 Å². The fraction of sp³-hybridized carbons (Fsp3) is 0.200. The van der Waals surface area contributed by atoms with Crippen molar-refractivity contribution < 1.29 is 13.0 Å². The summed E-state index contributed by atoms with van der Waals surface area (Å²) in [7, 11) is -3.88. The van der Waals surface area contributed by atoms with Crippen LogP contribution in [0.2, 0.25) is 0 Å². The maximum absolute atomic E-state index is 10.4. The first-order valence-corrected chi connectivity index (χ1v) is 5.66. The van der Waals surface area contributed by atoms with Crippen molar-refractivity contribution in [3.8, 4) is 0 Å². The normalized spacial score (nSPS) is 9.86. The molecule has 0 radical (unpaired) electrons. The minimum absolute atomic E-state index is 0.312. The van der Waals surface area contributed by atoms with E-state index in [0.29, 0.717) is 5.56 Å². The number of hydrogen-bond acceptors (Lipinski definition) is 2. The molecule has 1 aromatic rings. The summed E-state index contributed by atoms with van der Waals surface area (Å²) in [4.78, 5) is 0. The maximum Gasteiger partial charge on any atom is 0.269 e. The molecule has 0 aliphatic carbocycles. The van der Waals surface area contributed by atoms with E-state index >= 15 is 0 Å². The van der Waals surface area contributed by atoms with Crippen LogP contribution in [0.25, 0.3) is 0 Å². The van der Waals surface area contributed by atoms with Crippen LogP contribution in [0.4, 0.5) is 0 Å². The molecular formula is C10H14O3S. The highest BCUT2D eigenvalue weighted by molar-refractivity contribution is 7.85. The molecule has 0 saturated heterocycles. The van der Waals surface area contributed by atoms with Gasteiger partial charge in [-0.05, 0) is 12.5 Å². The Balaban J connectivity index is 0.000000500. The van der Waals surface area contributed by atoms with Gasteiger partial charge < -0.3 is 0 Å². The molecule has 1 N–H and O–H groups in total. The Labute approximate surface area is 84.8 Å². The minimum Gasteiger partial charge on any atom is -0.285 e. The van der Waals surface area contributed by atoms with E-state index in [1.54, 1.807) is 36.4 Å². The van der Waals surface area contributed by atoms with Gasteiger partial charge in [-0.25, -0.2) is 0 Å². The molecule has 0 aliphatic rings. The first-order valence-electron chi connectivity index (χ1n) is 4.05. The third-order valence-electron chi connectivity index (χ3n) is 1.19. The maximum atomic E-state index is 10.4. The lowest BCUT2D eigenvalue weighted by molar-refractivity contribution is 0.482. The smallest absolute Gasteiger partial charge is 0.269 e. The van der Waals surface area contributed by atoms with E-state index in [9.17, 15) is 8.42 Å². The molecule has 78 valence electrons. The molecule has 0 bridgehead atoms. The predicted molar refractivity (Wildman–Crippen MR) is 57.6 cm³/mol. The third-order valence-corrected chi connectivity index (χ3v) is 1.89. The molecule has 0 fully saturated rings. The van der Waals surface area contributed by atoms with Crippen LogP contribution in [0, 0.1) is 0 Å². The summed E-state index contributed by atoms with van der Waals surface area (Å²) in [6, 6.07) is 8.52. The van der Waals surface area contributed by atoms with E-state index in [0.717, 1.165) is 0 Å². The van der Waals surface area contributed by atoms with Crippen LogP contribution < -0.4 is 0 Å². The Hall–Kier alpha value is -1.13. The SMILES string of the molecule is C=CC.O=S(=O)(O)Cc1ccccc1. The lowest BCUT2D eigenvalue weighted by atomic mass is 10.2. The fourth-order valence-electron chi connectivity index (χ4n) is 0.785. The van der Waals surface area contributed by atoms with Crippen molar-refractivity contribution >= 4 is 10.1 Å². The van der Waals surface area contributed by atoms with Crippen LogP contribution >= 0.6 is 0 Å². The van der Waals surface area contributed by atoms with E-state index in [1.165, 1.54) is 0 Å². The van der Waals surface area contributed by atoms with Crippen molar-refractivity contribution in [1.29, 1.82) is 0 Å². The molecule has 0 atom stereocenters. The monoisotopic (exact) mass is 214 g/mol. The van der Waals surface area contributed by atoms with Crippen LogP contribution in [0.1, 0.15) is 12.5 Å². The average Bonchev–Trinajstić information content (AvgIpc) is 2.04. The Bertz CT molecular complexity index is 354.